The minimum absolute atomic E-state index is 0.324. The second-order valence-electron chi connectivity index (χ2n) is 10.3. The predicted molar refractivity (Wildman–Crippen MR) is 158 cm³/mol. The molecule has 0 spiro atoms. The molecule has 1 aliphatic rings. The number of aromatic hydroxyl groups is 1. The third-order valence-electron chi connectivity index (χ3n) is 7.49. The van der Waals surface area contributed by atoms with Gasteiger partial charge in [0.15, 0.2) is 5.82 Å². The predicted octanol–water partition coefficient (Wildman–Crippen LogP) is 3.14. The molecule has 0 saturated carbocycles. The quantitative estimate of drug-likeness (QED) is 0.262. The van der Waals surface area contributed by atoms with E-state index < -0.39 is 0 Å². The average Bonchev–Trinajstić information content (AvgIpc) is 2.91. The highest BCUT2D eigenvalue weighted by Crippen LogP contribution is 2.24. The zero-order valence-corrected chi connectivity index (χ0v) is 23.8. The van der Waals surface area contributed by atoms with Crippen molar-refractivity contribution in [1.82, 2.24) is 30.4 Å². The summed E-state index contributed by atoms with van der Waals surface area (Å²) in [4.78, 5) is 16.7. The molecule has 1 aromatic carbocycles. The van der Waals surface area contributed by atoms with Crippen LogP contribution in [0.1, 0.15) is 50.8 Å². The van der Waals surface area contributed by atoms with Crippen molar-refractivity contribution in [3.8, 4) is 5.75 Å². The van der Waals surface area contributed by atoms with Crippen molar-refractivity contribution in [3.05, 3.63) is 48.3 Å². The minimum atomic E-state index is 0.324. The number of likely N-dealkylation sites (tertiary alicyclic amines) is 1. The summed E-state index contributed by atoms with van der Waals surface area (Å²) in [6.45, 7) is 15.2. The largest absolute Gasteiger partial charge is 0.508 e. The molecule has 1 unspecified atom stereocenters. The fourth-order valence-electron chi connectivity index (χ4n) is 5.42. The van der Waals surface area contributed by atoms with Crippen LogP contribution in [0.3, 0.4) is 0 Å². The number of benzene rings is 1. The summed E-state index contributed by atoms with van der Waals surface area (Å²) < 4.78 is 0. The van der Waals surface area contributed by atoms with Crippen LogP contribution in [0, 0.1) is 0 Å². The van der Waals surface area contributed by atoms with Crippen molar-refractivity contribution in [1.29, 1.82) is 0 Å². The molecule has 1 atom stereocenters. The van der Waals surface area contributed by atoms with E-state index in [-0.39, 0.29) is 0 Å². The molecular formula is C29H48N8O. The van der Waals surface area contributed by atoms with E-state index in [9.17, 15) is 5.11 Å². The van der Waals surface area contributed by atoms with Gasteiger partial charge in [-0.3, -0.25) is 9.80 Å². The lowest BCUT2D eigenvalue weighted by Crippen LogP contribution is -2.52. The van der Waals surface area contributed by atoms with Gasteiger partial charge in [0.05, 0.1) is 11.9 Å². The number of likely N-dealkylation sites (N-methyl/N-ethyl adjacent to an activating group) is 3. The smallest absolute Gasteiger partial charge is 0.153 e. The summed E-state index contributed by atoms with van der Waals surface area (Å²) in [6, 6.07) is 8.60. The van der Waals surface area contributed by atoms with Crippen LogP contribution in [-0.4, -0.2) is 90.3 Å². The number of aromatic nitrogens is 2. The molecule has 1 fully saturated rings. The lowest BCUT2D eigenvalue weighted by Gasteiger charge is -2.43. The van der Waals surface area contributed by atoms with Crippen LogP contribution < -0.4 is 21.3 Å². The molecule has 9 nitrogen and oxygen atoms in total. The summed E-state index contributed by atoms with van der Waals surface area (Å²) in [7, 11) is 4.00. The van der Waals surface area contributed by atoms with Crippen molar-refractivity contribution < 1.29 is 5.11 Å². The maximum absolute atomic E-state index is 9.56. The van der Waals surface area contributed by atoms with Crippen LogP contribution in [0.25, 0.3) is 5.70 Å². The fraction of sp³-hybridized carbons (Fsp3) is 0.586. The van der Waals surface area contributed by atoms with Gasteiger partial charge >= 0.3 is 0 Å². The first-order chi connectivity index (χ1) is 18.4. The van der Waals surface area contributed by atoms with Gasteiger partial charge in [-0.15, -0.1) is 0 Å². The number of hydrogen-bond donors (Lipinski definition) is 4. The third kappa shape index (κ3) is 8.31. The molecule has 3 rings (SSSR count). The van der Waals surface area contributed by atoms with Gasteiger partial charge in [0.25, 0.3) is 0 Å². The number of phenols is 1. The zero-order valence-electron chi connectivity index (χ0n) is 23.8. The molecule has 1 aromatic heterocycles. The van der Waals surface area contributed by atoms with Crippen molar-refractivity contribution in [2.45, 2.75) is 58.2 Å². The SMILES string of the molecule is C=C(NCCNC)c1ncc(N(C)CC(CCC)N(CC)C2CCN(Cc3ccc(O)cc3)CC2)nc1N. The van der Waals surface area contributed by atoms with Crippen LogP contribution >= 0.6 is 0 Å². The number of nitrogens with zero attached hydrogens (tertiary/aromatic N) is 5. The topological polar surface area (TPSA) is 106 Å². The molecule has 9 heteroatoms. The van der Waals surface area contributed by atoms with Gasteiger partial charge in [0.1, 0.15) is 17.3 Å². The van der Waals surface area contributed by atoms with E-state index in [2.05, 4.69) is 62.8 Å². The first kappa shape index (κ1) is 29.7. The fourth-order valence-corrected chi connectivity index (χ4v) is 5.42. The monoisotopic (exact) mass is 524 g/mol. The molecule has 2 aromatic rings. The van der Waals surface area contributed by atoms with Gasteiger partial charge in [-0.25, -0.2) is 9.97 Å². The van der Waals surface area contributed by atoms with Gasteiger partial charge in [-0.05, 0) is 63.6 Å². The Kier molecular flexibility index (Phi) is 11.6. The van der Waals surface area contributed by atoms with Gasteiger partial charge in [0, 0.05) is 45.3 Å². The normalized spacial score (nSPS) is 15.5. The lowest BCUT2D eigenvalue weighted by molar-refractivity contribution is 0.0734. The number of hydrogen-bond acceptors (Lipinski definition) is 9. The van der Waals surface area contributed by atoms with Crippen molar-refractivity contribution in [3.63, 3.8) is 0 Å². The van der Waals surface area contributed by atoms with E-state index in [4.69, 9.17) is 5.73 Å². The molecule has 1 saturated heterocycles. The Morgan fingerprint density at radius 1 is 1.21 bits per heavy atom. The number of nitrogens with one attached hydrogen (secondary N) is 2. The van der Waals surface area contributed by atoms with E-state index in [1.54, 1.807) is 18.3 Å². The van der Waals surface area contributed by atoms with E-state index in [1.165, 1.54) is 18.4 Å². The molecule has 0 amide bonds. The second kappa shape index (κ2) is 14.9. The van der Waals surface area contributed by atoms with Crippen molar-refractivity contribution >= 4 is 17.3 Å². The first-order valence-corrected chi connectivity index (χ1v) is 14.0. The molecule has 5 N–H and O–H groups in total. The van der Waals surface area contributed by atoms with Crippen LogP contribution in [-0.2, 0) is 6.54 Å². The average molecular weight is 525 g/mol. The van der Waals surface area contributed by atoms with E-state index in [0.29, 0.717) is 35.0 Å². The molecule has 0 bridgehead atoms. The minimum Gasteiger partial charge on any atom is -0.508 e. The number of piperidine rings is 1. The van der Waals surface area contributed by atoms with E-state index >= 15 is 0 Å². The molecule has 1 aliphatic heterocycles. The second-order valence-corrected chi connectivity index (χ2v) is 10.3. The maximum atomic E-state index is 9.56. The summed E-state index contributed by atoms with van der Waals surface area (Å²) in [5.74, 6) is 1.51. The highest BCUT2D eigenvalue weighted by Gasteiger charge is 2.29. The highest BCUT2D eigenvalue weighted by molar-refractivity contribution is 5.67. The Morgan fingerprint density at radius 2 is 1.92 bits per heavy atom. The Balaban J connectivity index is 1.59. The molecule has 210 valence electrons. The first-order valence-electron chi connectivity index (χ1n) is 14.0. The van der Waals surface area contributed by atoms with Gasteiger partial charge in [-0.1, -0.05) is 39.0 Å². The summed E-state index contributed by atoms with van der Waals surface area (Å²) in [5.41, 5.74) is 8.84. The molecule has 0 radical (unpaired) electrons. The number of anilines is 2. The maximum Gasteiger partial charge on any atom is 0.153 e. The van der Waals surface area contributed by atoms with Crippen LogP contribution in [0.2, 0.25) is 0 Å². The molecule has 38 heavy (non-hydrogen) atoms. The van der Waals surface area contributed by atoms with Gasteiger partial charge in [0.2, 0.25) is 0 Å². The van der Waals surface area contributed by atoms with Crippen LogP contribution in [0.4, 0.5) is 11.6 Å². The molecule has 0 aliphatic carbocycles. The number of nitrogens with two attached hydrogens (primary N) is 1. The Hall–Kier alpha value is -2.88. The van der Waals surface area contributed by atoms with Gasteiger partial charge < -0.3 is 26.4 Å². The van der Waals surface area contributed by atoms with Crippen LogP contribution in [0.15, 0.2) is 37.0 Å². The number of phenolic OH excluding ortho intramolecular Hbond substituents is 1. The Labute approximate surface area is 229 Å². The Morgan fingerprint density at radius 3 is 2.53 bits per heavy atom. The van der Waals surface area contributed by atoms with Crippen molar-refractivity contribution in [2.24, 2.45) is 0 Å². The van der Waals surface area contributed by atoms with E-state index in [1.807, 2.05) is 19.2 Å². The number of nitrogen functional groups attached to an aromatic ring is 1. The van der Waals surface area contributed by atoms with Crippen LogP contribution in [0.5, 0.6) is 5.75 Å². The summed E-state index contributed by atoms with van der Waals surface area (Å²) in [6.07, 6.45) is 6.41. The molecular weight excluding hydrogens is 476 g/mol. The van der Waals surface area contributed by atoms with Crippen molar-refractivity contribution in [2.75, 3.05) is 64.0 Å². The zero-order chi connectivity index (χ0) is 27.5. The molecule has 2 heterocycles. The lowest BCUT2D eigenvalue weighted by atomic mass is 9.98. The third-order valence-corrected chi connectivity index (χ3v) is 7.49. The van der Waals surface area contributed by atoms with Gasteiger partial charge in [-0.2, -0.15) is 0 Å². The summed E-state index contributed by atoms with van der Waals surface area (Å²) >= 11 is 0. The summed E-state index contributed by atoms with van der Waals surface area (Å²) in [5, 5.41) is 15.9. The standard InChI is InChI=1S/C29H48N8O/c1-6-8-25(21-35(5)27-19-33-28(29(30)34-27)22(3)32-16-15-31-4)37(7-2)24-13-17-36(18-14-24)20-23-9-11-26(38)12-10-23/h9-12,19,24-25,31-32,38H,3,6-8,13-18,20-21H2,1-2,4-5H3,(H2,30,34). The highest BCUT2D eigenvalue weighted by atomic mass is 16.3. The Bertz CT molecular complexity index is 991. The van der Waals surface area contributed by atoms with E-state index in [0.717, 1.165) is 64.5 Å². The number of rotatable bonds is 15.